The van der Waals surface area contributed by atoms with Crippen molar-refractivity contribution in [3.63, 3.8) is 0 Å². The van der Waals surface area contributed by atoms with E-state index in [0.29, 0.717) is 12.2 Å². The van der Waals surface area contributed by atoms with Gasteiger partial charge in [0.15, 0.2) is 11.5 Å². The minimum Gasteiger partial charge on any atom is -0.354 e. The lowest BCUT2D eigenvalue weighted by Gasteiger charge is -2.33. The fourth-order valence-electron chi connectivity index (χ4n) is 3.64. The summed E-state index contributed by atoms with van der Waals surface area (Å²) in [5.74, 6) is 1.73. The number of hydrogen-bond donors (Lipinski definition) is 2. The van der Waals surface area contributed by atoms with Crippen molar-refractivity contribution < 1.29 is 4.79 Å². The molecule has 2 atom stereocenters. The highest BCUT2D eigenvalue weighted by Gasteiger charge is 2.28. The Morgan fingerprint density at radius 3 is 2.96 bits per heavy atom. The number of carbonyl (C=O) groups excluding carboxylic acids is 1. The predicted octanol–water partition coefficient (Wildman–Crippen LogP) is 2.90. The third-order valence-electron chi connectivity index (χ3n) is 5.10. The van der Waals surface area contributed by atoms with Crippen molar-refractivity contribution in [2.45, 2.75) is 58.9 Å². The third-order valence-corrected chi connectivity index (χ3v) is 5.10. The van der Waals surface area contributed by atoms with Gasteiger partial charge in [-0.3, -0.25) is 4.79 Å². The number of imidazole rings is 1. The molecule has 0 aromatic carbocycles. The summed E-state index contributed by atoms with van der Waals surface area (Å²) >= 11 is 0. The van der Waals surface area contributed by atoms with Gasteiger partial charge in [-0.05, 0) is 32.1 Å². The second-order valence-corrected chi connectivity index (χ2v) is 7.82. The third kappa shape index (κ3) is 4.51. The number of carbonyl (C=O) groups is 1. The Hall–Kier alpha value is -2.18. The van der Waals surface area contributed by atoms with E-state index in [0.717, 1.165) is 49.5 Å². The first-order valence-electron chi connectivity index (χ1n) is 9.74. The van der Waals surface area contributed by atoms with Gasteiger partial charge < -0.3 is 15.2 Å². The Kier molecular flexibility index (Phi) is 6.06. The summed E-state index contributed by atoms with van der Waals surface area (Å²) in [7, 11) is 0. The van der Waals surface area contributed by atoms with Crippen LogP contribution >= 0.6 is 0 Å². The summed E-state index contributed by atoms with van der Waals surface area (Å²) in [6.07, 6.45) is 8.51. The van der Waals surface area contributed by atoms with Gasteiger partial charge in [0.2, 0.25) is 5.91 Å². The van der Waals surface area contributed by atoms with Gasteiger partial charge in [-0.2, -0.15) is 0 Å². The van der Waals surface area contributed by atoms with Gasteiger partial charge in [0.05, 0.1) is 12.2 Å². The van der Waals surface area contributed by atoms with Crippen LogP contribution in [-0.4, -0.2) is 45.0 Å². The van der Waals surface area contributed by atoms with E-state index in [9.17, 15) is 4.79 Å². The van der Waals surface area contributed by atoms with Crippen LogP contribution in [-0.2, 0) is 4.79 Å². The molecule has 0 radical (unpaired) electrons. The Bertz CT molecular complexity index is 728. The minimum atomic E-state index is 0.00392. The van der Waals surface area contributed by atoms with Gasteiger partial charge in [0, 0.05) is 19.1 Å². The van der Waals surface area contributed by atoms with Crippen LogP contribution in [0.25, 0.3) is 11.2 Å². The largest absolute Gasteiger partial charge is 0.354 e. The maximum absolute atomic E-state index is 12.7. The van der Waals surface area contributed by atoms with Crippen molar-refractivity contribution in [2.75, 3.05) is 18.0 Å². The molecule has 3 rings (SSSR count). The molecule has 26 heavy (non-hydrogen) atoms. The van der Waals surface area contributed by atoms with E-state index in [-0.39, 0.29) is 17.9 Å². The molecular weight excluding hydrogens is 328 g/mol. The molecular formula is C19H30N6O. The molecule has 0 aliphatic carbocycles. The smallest absolute Gasteiger partial charge is 0.225 e. The second kappa shape index (κ2) is 8.47. The van der Waals surface area contributed by atoms with Gasteiger partial charge in [-0.25, -0.2) is 15.0 Å². The lowest BCUT2D eigenvalue weighted by Crippen LogP contribution is -2.45. The monoisotopic (exact) mass is 358 g/mol. The van der Waals surface area contributed by atoms with E-state index in [4.69, 9.17) is 0 Å². The molecule has 1 aliphatic heterocycles. The fourth-order valence-corrected chi connectivity index (χ4v) is 3.64. The van der Waals surface area contributed by atoms with E-state index < -0.39 is 0 Å². The second-order valence-electron chi connectivity index (χ2n) is 7.82. The summed E-state index contributed by atoms with van der Waals surface area (Å²) in [5, 5.41) is 3.21. The Morgan fingerprint density at radius 1 is 1.31 bits per heavy atom. The van der Waals surface area contributed by atoms with Crippen LogP contribution in [0, 0.1) is 11.8 Å². The van der Waals surface area contributed by atoms with Crippen molar-refractivity contribution >= 4 is 22.9 Å². The maximum atomic E-state index is 12.7. The highest BCUT2D eigenvalue weighted by atomic mass is 16.2. The highest BCUT2D eigenvalue weighted by Crippen LogP contribution is 2.26. The topological polar surface area (TPSA) is 86.8 Å². The normalized spacial score (nSPS) is 19.1. The summed E-state index contributed by atoms with van der Waals surface area (Å²) < 4.78 is 0. The number of nitrogens with one attached hydrogen (secondary N) is 2. The first-order valence-corrected chi connectivity index (χ1v) is 9.74. The molecule has 0 saturated carbocycles. The molecule has 2 N–H and O–H groups in total. The van der Waals surface area contributed by atoms with Gasteiger partial charge in [0.25, 0.3) is 0 Å². The number of rotatable bonds is 7. The first kappa shape index (κ1) is 18.6. The zero-order valence-electron chi connectivity index (χ0n) is 16.0. The molecule has 2 aromatic heterocycles. The van der Waals surface area contributed by atoms with Crippen LogP contribution in [0.15, 0.2) is 12.7 Å². The van der Waals surface area contributed by atoms with E-state index in [1.807, 2.05) is 0 Å². The number of aromatic nitrogens is 4. The molecule has 1 fully saturated rings. The maximum Gasteiger partial charge on any atom is 0.225 e. The first-order chi connectivity index (χ1) is 12.5. The lowest BCUT2D eigenvalue weighted by atomic mass is 9.96. The highest BCUT2D eigenvalue weighted by molar-refractivity contribution is 5.84. The van der Waals surface area contributed by atoms with E-state index in [1.165, 1.54) is 6.42 Å². The molecule has 3 heterocycles. The molecule has 0 unspecified atom stereocenters. The number of anilines is 1. The van der Waals surface area contributed by atoms with Gasteiger partial charge >= 0.3 is 0 Å². The van der Waals surface area contributed by atoms with Crippen molar-refractivity contribution in [1.82, 2.24) is 25.3 Å². The molecule has 142 valence electrons. The standard InChI is InChI=1S/C19H30N6O/c1-13(2)6-4-7-14(3)24-19(26)15-8-5-9-25(10-15)18-16-17(21-11-20-16)22-12-23-18/h11-15H,4-10H2,1-3H3,(H,24,26)(H,20,21,22,23)/t14-,15-/m1/s1. The molecule has 7 heteroatoms. The molecule has 2 aromatic rings. The van der Waals surface area contributed by atoms with Crippen molar-refractivity contribution in [3.05, 3.63) is 12.7 Å². The van der Waals surface area contributed by atoms with Crippen molar-refractivity contribution in [3.8, 4) is 0 Å². The zero-order chi connectivity index (χ0) is 18.5. The number of hydrogen-bond acceptors (Lipinski definition) is 5. The fraction of sp³-hybridized carbons (Fsp3) is 0.684. The number of aromatic amines is 1. The molecule has 7 nitrogen and oxygen atoms in total. The Morgan fingerprint density at radius 2 is 2.15 bits per heavy atom. The molecule has 1 aliphatic rings. The van der Waals surface area contributed by atoms with E-state index in [1.54, 1.807) is 12.7 Å². The number of H-pyrrole nitrogens is 1. The lowest BCUT2D eigenvalue weighted by molar-refractivity contribution is -0.125. The molecule has 0 spiro atoms. The SMILES string of the molecule is CC(C)CCC[C@@H](C)NC(=O)[C@@H]1CCCN(c2ncnc3nc[nH]c23)C1. The van der Waals surface area contributed by atoms with Crippen LogP contribution in [0.3, 0.4) is 0 Å². The average molecular weight is 358 g/mol. The van der Waals surface area contributed by atoms with Gasteiger partial charge in [-0.1, -0.05) is 26.7 Å². The van der Waals surface area contributed by atoms with E-state index in [2.05, 4.69) is 50.9 Å². The quantitative estimate of drug-likeness (QED) is 0.795. The van der Waals surface area contributed by atoms with Crippen LogP contribution in [0.1, 0.15) is 52.9 Å². The zero-order valence-corrected chi connectivity index (χ0v) is 16.0. The summed E-state index contributed by atoms with van der Waals surface area (Å²) in [5.41, 5.74) is 1.51. The number of piperidine rings is 1. The molecule has 0 bridgehead atoms. The van der Waals surface area contributed by atoms with Crippen LogP contribution in [0.4, 0.5) is 5.82 Å². The number of amides is 1. The Balaban J connectivity index is 1.58. The molecule has 1 amide bonds. The summed E-state index contributed by atoms with van der Waals surface area (Å²) in [6.45, 7) is 8.18. The van der Waals surface area contributed by atoms with Crippen LogP contribution < -0.4 is 10.2 Å². The molecule has 1 saturated heterocycles. The van der Waals surface area contributed by atoms with Gasteiger partial charge in [-0.15, -0.1) is 0 Å². The number of nitrogens with zero attached hydrogens (tertiary/aromatic N) is 4. The van der Waals surface area contributed by atoms with Gasteiger partial charge in [0.1, 0.15) is 11.8 Å². The van der Waals surface area contributed by atoms with E-state index >= 15 is 0 Å². The van der Waals surface area contributed by atoms with Crippen LogP contribution in [0.2, 0.25) is 0 Å². The number of fused-ring (bicyclic) bond motifs is 1. The predicted molar refractivity (Wildman–Crippen MR) is 103 cm³/mol. The average Bonchev–Trinajstić information content (AvgIpc) is 3.10. The summed E-state index contributed by atoms with van der Waals surface area (Å²) in [4.78, 5) is 30.8. The van der Waals surface area contributed by atoms with Crippen molar-refractivity contribution in [2.24, 2.45) is 11.8 Å². The van der Waals surface area contributed by atoms with Crippen molar-refractivity contribution in [1.29, 1.82) is 0 Å². The summed E-state index contributed by atoms with van der Waals surface area (Å²) in [6, 6.07) is 0.231. The minimum absolute atomic E-state index is 0.00392. The van der Waals surface area contributed by atoms with Crippen LogP contribution in [0.5, 0.6) is 0 Å². The Labute approximate surface area is 155 Å².